The van der Waals surface area contributed by atoms with Crippen LogP contribution in [0.4, 0.5) is 0 Å². The van der Waals surface area contributed by atoms with Crippen molar-refractivity contribution in [3.05, 3.63) is 29.7 Å². The average molecular weight is 205 g/mol. The predicted molar refractivity (Wildman–Crippen MR) is 54.2 cm³/mol. The smallest absolute Gasteiger partial charge is 0.144 e. The first kappa shape index (κ1) is 8.76. The molecule has 14 heavy (non-hydrogen) atoms. The van der Waals surface area contributed by atoms with Crippen molar-refractivity contribution in [1.82, 2.24) is 15.0 Å². The van der Waals surface area contributed by atoms with Gasteiger partial charge < -0.3 is 5.73 Å². The quantitative estimate of drug-likeness (QED) is 0.562. The van der Waals surface area contributed by atoms with Crippen molar-refractivity contribution in [3.8, 4) is 10.7 Å². The number of nitrogens with zero attached hydrogens (tertiary/aromatic N) is 3. The van der Waals surface area contributed by atoms with Crippen LogP contribution in [0.1, 0.15) is 5.69 Å². The first-order valence-corrected chi connectivity index (χ1v) is 4.71. The minimum atomic E-state index is -0.0311. The number of thiazole rings is 1. The molecule has 0 unspecified atom stereocenters. The molecule has 6 heteroatoms. The van der Waals surface area contributed by atoms with Crippen molar-refractivity contribution in [2.45, 2.75) is 0 Å². The van der Waals surface area contributed by atoms with Gasteiger partial charge in [-0.25, -0.2) is 4.98 Å². The van der Waals surface area contributed by atoms with Gasteiger partial charge in [0.2, 0.25) is 0 Å². The minimum absolute atomic E-state index is 0.0311. The van der Waals surface area contributed by atoms with E-state index < -0.39 is 0 Å². The molecule has 0 aliphatic heterocycles. The molecule has 0 spiro atoms. The number of nitrogen functional groups attached to an aromatic ring is 1. The highest BCUT2D eigenvalue weighted by Gasteiger charge is 2.06. The molecule has 2 rings (SSSR count). The van der Waals surface area contributed by atoms with Gasteiger partial charge in [0.15, 0.2) is 0 Å². The summed E-state index contributed by atoms with van der Waals surface area (Å²) in [5.41, 5.74) is 6.48. The molecule has 2 heterocycles. The summed E-state index contributed by atoms with van der Waals surface area (Å²) < 4.78 is 0. The fourth-order valence-electron chi connectivity index (χ4n) is 0.925. The third-order valence-corrected chi connectivity index (χ3v) is 2.43. The lowest BCUT2D eigenvalue weighted by molar-refractivity contribution is 1.19. The summed E-state index contributed by atoms with van der Waals surface area (Å²) in [6.45, 7) is 0. The van der Waals surface area contributed by atoms with Crippen molar-refractivity contribution < 1.29 is 0 Å². The lowest BCUT2D eigenvalue weighted by Gasteiger charge is -1.91. The molecule has 5 nitrogen and oxygen atoms in total. The molecule has 0 atom stereocenters. The normalized spacial score (nSPS) is 10.0. The molecule has 0 aromatic carbocycles. The van der Waals surface area contributed by atoms with Crippen molar-refractivity contribution in [2.75, 3.05) is 0 Å². The molecule has 0 saturated heterocycles. The van der Waals surface area contributed by atoms with Crippen molar-refractivity contribution in [1.29, 1.82) is 5.41 Å². The molecule has 0 radical (unpaired) electrons. The molecule has 0 amide bonds. The van der Waals surface area contributed by atoms with E-state index in [1.165, 1.54) is 11.3 Å². The second kappa shape index (κ2) is 3.51. The zero-order valence-corrected chi connectivity index (χ0v) is 7.95. The van der Waals surface area contributed by atoms with E-state index in [0.717, 1.165) is 5.01 Å². The van der Waals surface area contributed by atoms with Gasteiger partial charge in [-0.05, 0) is 0 Å². The van der Waals surface area contributed by atoms with E-state index in [2.05, 4.69) is 15.0 Å². The lowest BCUT2D eigenvalue weighted by Crippen LogP contribution is -2.11. The molecule has 0 aliphatic carbocycles. The molecule has 0 aliphatic rings. The second-order valence-electron chi connectivity index (χ2n) is 2.54. The molecule has 2 aromatic rings. The summed E-state index contributed by atoms with van der Waals surface area (Å²) in [5, 5.41) is 9.65. The number of rotatable bonds is 2. The number of aromatic nitrogens is 3. The number of amidine groups is 1. The lowest BCUT2D eigenvalue weighted by atomic mass is 10.4. The van der Waals surface area contributed by atoms with Gasteiger partial charge >= 0.3 is 0 Å². The Kier molecular flexibility index (Phi) is 2.19. The van der Waals surface area contributed by atoms with Gasteiger partial charge in [0.05, 0.1) is 6.20 Å². The van der Waals surface area contributed by atoms with Crippen LogP contribution in [-0.4, -0.2) is 20.8 Å². The number of hydrogen-bond acceptors (Lipinski definition) is 5. The van der Waals surface area contributed by atoms with Crippen molar-refractivity contribution in [3.63, 3.8) is 0 Å². The minimum Gasteiger partial charge on any atom is -0.382 e. The second-order valence-corrected chi connectivity index (χ2v) is 3.40. The molecule has 2 aromatic heterocycles. The molecule has 3 N–H and O–H groups in total. The highest BCUT2D eigenvalue weighted by atomic mass is 32.1. The highest BCUT2D eigenvalue weighted by molar-refractivity contribution is 7.13. The van der Waals surface area contributed by atoms with Crippen LogP contribution in [0.2, 0.25) is 0 Å². The van der Waals surface area contributed by atoms with Crippen molar-refractivity contribution >= 4 is 17.2 Å². The van der Waals surface area contributed by atoms with Gasteiger partial charge in [0, 0.05) is 17.8 Å². The van der Waals surface area contributed by atoms with Crippen LogP contribution >= 0.6 is 11.3 Å². The average Bonchev–Trinajstić information content (AvgIpc) is 2.68. The van der Waals surface area contributed by atoms with Crippen LogP contribution in [0, 0.1) is 5.41 Å². The first-order valence-electron chi connectivity index (χ1n) is 3.83. The molecular weight excluding hydrogens is 198 g/mol. The van der Waals surface area contributed by atoms with E-state index in [4.69, 9.17) is 11.1 Å². The molecule has 0 fully saturated rings. The summed E-state index contributed by atoms with van der Waals surface area (Å²) in [7, 11) is 0. The Bertz CT molecular complexity index is 450. The molecule has 70 valence electrons. The third kappa shape index (κ3) is 1.60. The fraction of sp³-hybridized carbons (Fsp3) is 0. The van der Waals surface area contributed by atoms with Gasteiger partial charge in [0.25, 0.3) is 0 Å². The zero-order chi connectivity index (χ0) is 9.97. The molecule has 0 saturated carbocycles. The monoisotopic (exact) mass is 205 g/mol. The molecule has 0 bridgehead atoms. The van der Waals surface area contributed by atoms with Gasteiger partial charge in [-0.1, -0.05) is 0 Å². The van der Waals surface area contributed by atoms with Gasteiger partial charge in [-0.15, -0.1) is 11.3 Å². The zero-order valence-electron chi connectivity index (χ0n) is 7.14. The van der Waals surface area contributed by atoms with Crippen LogP contribution in [0.15, 0.2) is 24.0 Å². The van der Waals surface area contributed by atoms with Crippen molar-refractivity contribution in [2.24, 2.45) is 5.73 Å². The summed E-state index contributed by atoms with van der Waals surface area (Å²) >= 11 is 1.40. The van der Waals surface area contributed by atoms with Crippen LogP contribution < -0.4 is 5.73 Å². The van der Waals surface area contributed by atoms with E-state index >= 15 is 0 Å². The summed E-state index contributed by atoms with van der Waals surface area (Å²) in [5.74, 6) is -0.0311. The number of hydrogen-bond donors (Lipinski definition) is 2. The maximum Gasteiger partial charge on any atom is 0.144 e. The largest absolute Gasteiger partial charge is 0.382 e. The summed E-state index contributed by atoms with van der Waals surface area (Å²) in [6, 6.07) is 0. The van der Waals surface area contributed by atoms with Crippen LogP contribution in [0.25, 0.3) is 10.7 Å². The van der Waals surface area contributed by atoms with Crippen LogP contribution in [0.3, 0.4) is 0 Å². The Morgan fingerprint density at radius 3 is 2.86 bits per heavy atom. The number of nitrogens with one attached hydrogen (secondary N) is 1. The standard InChI is InChI=1S/C8H7N5S/c9-7(10)6-4-14-8(13-6)5-3-11-1-2-12-5/h1-4H,(H3,9,10). The van der Waals surface area contributed by atoms with Gasteiger partial charge in [-0.2, -0.15) is 0 Å². The summed E-state index contributed by atoms with van der Waals surface area (Å²) in [6.07, 6.45) is 4.83. The maximum atomic E-state index is 7.20. The first-order chi connectivity index (χ1) is 6.77. The summed E-state index contributed by atoms with van der Waals surface area (Å²) in [4.78, 5) is 12.2. The topological polar surface area (TPSA) is 88.5 Å². The van der Waals surface area contributed by atoms with E-state index in [0.29, 0.717) is 11.4 Å². The Hall–Kier alpha value is -1.82. The third-order valence-electron chi connectivity index (χ3n) is 1.56. The Morgan fingerprint density at radius 1 is 1.43 bits per heavy atom. The van der Waals surface area contributed by atoms with E-state index in [9.17, 15) is 0 Å². The maximum absolute atomic E-state index is 7.20. The highest BCUT2D eigenvalue weighted by Crippen LogP contribution is 2.20. The number of nitrogens with two attached hydrogens (primary N) is 1. The predicted octanol–water partition coefficient (Wildman–Crippen LogP) is 0.884. The molecular formula is C8H7N5S. The van der Waals surface area contributed by atoms with Crippen LogP contribution in [-0.2, 0) is 0 Å². The Labute approximate surface area is 84.2 Å². The van der Waals surface area contributed by atoms with Gasteiger partial charge in [0.1, 0.15) is 22.2 Å². The van der Waals surface area contributed by atoms with Gasteiger partial charge in [-0.3, -0.25) is 15.4 Å². The fourth-order valence-corrected chi connectivity index (χ4v) is 1.70. The van der Waals surface area contributed by atoms with E-state index in [-0.39, 0.29) is 5.84 Å². The Balaban J connectivity index is 2.39. The van der Waals surface area contributed by atoms with Crippen LogP contribution in [0.5, 0.6) is 0 Å². The van der Waals surface area contributed by atoms with E-state index in [1.54, 1.807) is 24.0 Å². The Morgan fingerprint density at radius 2 is 2.29 bits per heavy atom. The van der Waals surface area contributed by atoms with E-state index in [1.807, 2.05) is 0 Å². The SMILES string of the molecule is N=C(N)c1csc(-c2cnccn2)n1.